The van der Waals surface area contributed by atoms with E-state index in [1.807, 2.05) is 48.2 Å². The molecule has 526 valence electrons. The topological polar surface area (TPSA) is 427 Å². The fourth-order valence-corrected chi connectivity index (χ4v) is 13.4. The van der Waals surface area contributed by atoms with Gasteiger partial charge in [-0.2, -0.15) is 11.8 Å². The predicted molar refractivity (Wildman–Crippen MR) is 357 cm³/mol. The van der Waals surface area contributed by atoms with E-state index < -0.39 is 109 Å². The molecule has 2 bridgehead atoms. The van der Waals surface area contributed by atoms with Crippen molar-refractivity contribution >= 4 is 92.8 Å². The lowest BCUT2D eigenvalue weighted by Crippen LogP contribution is -2.60. The van der Waals surface area contributed by atoms with Crippen LogP contribution in [0.5, 0.6) is 0 Å². The minimum absolute atomic E-state index is 0.0262. The molecule has 10 atom stereocenters. The van der Waals surface area contributed by atoms with Crippen molar-refractivity contribution in [3.8, 4) is 0 Å². The van der Waals surface area contributed by atoms with Crippen LogP contribution in [-0.2, 0) is 89.6 Å². The number of aryl methyl sites for hydroxylation is 1. The van der Waals surface area contributed by atoms with Crippen LogP contribution < -0.4 is 58.9 Å². The number of aromatic nitrogens is 5. The summed E-state index contributed by atoms with van der Waals surface area (Å²) in [6.07, 6.45) is 7.68. The van der Waals surface area contributed by atoms with Gasteiger partial charge >= 0.3 is 6.03 Å². The zero-order valence-corrected chi connectivity index (χ0v) is 55.1. The van der Waals surface area contributed by atoms with E-state index in [4.69, 9.17) is 19.9 Å². The quantitative estimate of drug-likeness (QED) is 0.0257. The molecule has 6 heterocycles. The van der Waals surface area contributed by atoms with Crippen LogP contribution in [0, 0.1) is 5.82 Å². The maximum atomic E-state index is 15.0. The number of thioether (sulfide) groups is 1. The Morgan fingerprint density at radius 2 is 1.28 bits per heavy atom. The molecule has 0 saturated carbocycles. The van der Waals surface area contributed by atoms with E-state index in [2.05, 4.69) is 73.4 Å². The summed E-state index contributed by atoms with van der Waals surface area (Å²) in [5.41, 5.74) is 9.15. The van der Waals surface area contributed by atoms with E-state index in [9.17, 15) is 57.4 Å². The first-order valence-electron chi connectivity index (χ1n) is 32.8. The number of primary amides is 1. The third kappa shape index (κ3) is 21.3. The zero-order chi connectivity index (χ0) is 69.5. The van der Waals surface area contributed by atoms with Crippen LogP contribution in [0.4, 0.5) is 9.18 Å². The molecule has 2 fully saturated rings. The van der Waals surface area contributed by atoms with E-state index in [0.29, 0.717) is 58.7 Å². The van der Waals surface area contributed by atoms with Crippen molar-refractivity contribution in [3.63, 3.8) is 0 Å². The highest BCUT2D eigenvalue weighted by Gasteiger charge is 2.43. The molecule has 32 heteroatoms. The van der Waals surface area contributed by atoms with Crippen LogP contribution in [0.15, 0.2) is 91.4 Å². The van der Waals surface area contributed by atoms with Crippen LogP contribution in [-0.4, -0.2) is 207 Å². The second-order valence-corrected chi connectivity index (χ2v) is 25.6. The Balaban J connectivity index is 0.846. The number of nitrogens with one attached hydrogen (secondary N) is 12. The monoisotopic (exact) mass is 1380 g/mol. The van der Waals surface area contributed by atoms with Gasteiger partial charge in [-0.15, -0.1) is 5.10 Å². The van der Waals surface area contributed by atoms with Gasteiger partial charge in [-0.3, -0.25) is 47.8 Å². The number of carbonyl (C=O) groups excluding carboxylic acids is 10. The van der Waals surface area contributed by atoms with Crippen molar-refractivity contribution in [3.05, 3.63) is 120 Å². The summed E-state index contributed by atoms with van der Waals surface area (Å²) in [7, 11) is 0. The van der Waals surface area contributed by atoms with E-state index in [-0.39, 0.29) is 101 Å². The smallest absolute Gasteiger partial charge is 0.315 e. The second kappa shape index (κ2) is 36.2. The highest BCUT2D eigenvalue weighted by molar-refractivity contribution is 8.00. The minimum atomic E-state index is -1.69. The molecule has 1 unspecified atom stereocenters. The van der Waals surface area contributed by atoms with Crippen LogP contribution in [0.2, 0.25) is 0 Å². The number of carbonyl (C=O) groups is 10. The van der Waals surface area contributed by atoms with Gasteiger partial charge in [0.25, 0.3) is 0 Å². The van der Waals surface area contributed by atoms with Crippen molar-refractivity contribution < 1.29 is 71.7 Å². The molecule has 3 aromatic heterocycles. The maximum Gasteiger partial charge on any atom is 0.315 e. The van der Waals surface area contributed by atoms with Crippen molar-refractivity contribution in [2.24, 2.45) is 5.73 Å². The lowest BCUT2D eigenvalue weighted by atomic mass is 10.00. The summed E-state index contributed by atoms with van der Waals surface area (Å²) in [5, 5.41) is 48.0. The summed E-state index contributed by atoms with van der Waals surface area (Å²) < 4.78 is 32.4. The number of unbranched alkanes of at least 4 members (excludes halogenated alkanes) is 1. The molecule has 3 aliphatic rings. The molecule has 30 nitrogen and oxygen atoms in total. The molecule has 2 saturated heterocycles. The number of amides is 11. The summed E-state index contributed by atoms with van der Waals surface area (Å²) in [5.74, 6) is -6.71. The van der Waals surface area contributed by atoms with Gasteiger partial charge in [-0.1, -0.05) is 60.2 Å². The van der Waals surface area contributed by atoms with Gasteiger partial charge in [0.05, 0.1) is 57.4 Å². The molecular weight excluding hydrogens is 1290 g/mol. The number of para-hydroxylation sites is 2. The van der Waals surface area contributed by atoms with Gasteiger partial charge in [-0.25, -0.2) is 9.18 Å². The zero-order valence-electron chi connectivity index (χ0n) is 54.2. The molecule has 98 heavy (non-hydrogen) atoms. The molecule has 3 aromatic carbocycles. The molecular formula is C66H85FN16O14S. The standard InChI is InChI=1S/C66H85FN16O14S/c1-38-60(88)75-50(29-40-32-70-46-12-4-2-10-44(40)46)62(90)77-51(30-41-33-71-47-13-5-3-11-45(41)47)63(91)76-49(28-39-17-19-42(67)20-18-39)61(89)74-48(59(68)87)14-8-9-22-83-34-43(81-82-83)31-52(64(92)78-53(35-84)65(93)72-38)73-57(86)36-97-27-26-96-25-24-95-23-21-69-56(85)16-7-6-15-55-58-54(37-98-55)79-66(94)80-58/h2-5,10-13,17-20,32-34,38,48-55,58,70-71,84H,6-9,14-16,21-31,35-37H2,1H3,(H2,68,87)(H,69,85)(H,72,93)(H,73,86)(H,74,89)(H,75,88)(H,76,91)(H,77,90)(H,78,92)(H2,79,80,94)/t38-,48+,49+,50-,51-,52+,53-,54+,55?,58+/m1/s1. The van der Waals surface area contributed by atoms with Crippen LogP contribution >= 0.6 is 11.8 Å². The number of aliphatic hydroxyl groups is 1. The number of H-pyrrole nitrogens is 2. The second-order valence-electron chi connectivity index (χ2n) is 24.4. The first kappa shape index (κ1) is 72.8. The van der Waals surface area contributed by atoms with E-state index in [1.54, 1.807) is 24.5 Å². The third-order valence-electron chi connectivity index (χ3n) is 17.1. The van der Waals surface area contributed by atoms with Crippen molar-refractivity contribution in [2.75, 3.05) is 58.5 Å². The lowest BCUT2D eigenvalue weighted by molar-refractivity contribution is -0.136. The molecule has 0 aliphatic carbocycles. The number of hydrogen-bond donors (Lipinski definition) is 14. The Morgan fingerprint density at radius 1 is 0.673 bits per heavy atom. The van der Waals surface area contributed by atoms with Crippen LogP contribution in [0.1, 0.15) is 74.3 Å². The molecule has 3 aliphatic heterocycles. The maximum absolute atomic E-state index is 15.0. The third-order valence-corrected chi connectivity index (χ3v) is 18.6. The molecule has 11 amide bonds. The Morgan fingerprint density at radius 3 is 1.94 bits per heavy atom. The van der Waals surface area contributed by atoms with Gasteiger partial charge in [0.1, 0.15) is 54.7 Å². The highest BCUT2D eigenvalue weighted by Crippen LogP contribution is 2.33. The normalized spacial score (nSPS) is 23.2. The first-order chi connectivity index (χ1) is 47.4. The van der Waals surface area contributed by atoms with Gasteiger partial charge in [0.2, 0.25) is 53.2 Å². The Hall–Kier alpha value is -9.50. The van der Waals surface area contributed by atoms with Crippen molar-refractivity contribution in [1.82, 2.24) is 78.1 Å². The van der Waals surface area contributed by atoms with Gasteiger partial charge in [-0.05, 0) is 80.0 Å². The summed E-state index contributed by atoms with van der Waals surface area (Å²) >= 11 is 1.84. The number of fused-ring (bicyclic) bond motifs is 5. The van der Waals surface area contributed by atoms with Crippen molar-refractivity contribution in [1.29, 1.82) is 0 Å². The lowest BCUT2D eigenvalue weighted by Gasteiger charge is -2.27. The number of aromatic amines is 2. The van der Waals surface area contributed by atoms with E-state index in [0.717, 1.165) is 35.9 Å². The van der Waals surface area contributed by atoms with Crippen LogP contribution in [0.3, 0.4) is 0 Å². The number of nitrogens with zero attached hydrogens (tertiary/aromatic N) is 3. The van der Waals surface area contributed by atoms with E-state index >= 15 is 0 Å². The number of ether oxygens (including phenoxy) is 3. The number of rotatable bonds is 25. The minimum Gasteiger partial charge on any atom is -0.394 e. The highest BCUT2D eigenvalue weighted by atomic mass is 32.2. The fourth-order valence-electron chi connectivity index (χ4n) is 11.8. The predicted octanol–water partition coefficient (Wildman–Crippen LogP) is -0.383. The van der Waals surface area contributed by atoms with E-state index in [1.165, 1.54) is 42.1 Å². The number of benzene rings is 3. The van der Waals surface area contributed by atoms with Gasteiger partial charge in [0, 0.05) is 96.6 Å². The number of hydrogen-bond acceptors (Lipinski definition) is 17. The average Bonchev–Trinajstić information content (AvgIpc) is 1.66. The number of nitrogens with two attached hydrogens (primary N) is 1. The average molecular weight is 1380 g/mol. The Kier molecular flexibility index (Phi) is 26.9. The summed E-state index contributed by atoms with van der Waals surface area (Å²) in [6, 6.07) is 9.76. The molecule has 0 radical (unpaired) electrons. The SMILES string of the molecule is C[C@H]1NC(=O)[C@@H](CO)NC(=O)[C@@H](NC(=O)COCCOCCOCCNC(=O)CCCCC2SC[C@@H]3NC(=O)N[C@H]23)Cc2cn(nn2)CCCC[C@@H](C(N)=O)NC(=O)[C@H](Cc2ccc(F)cc2)NC(=O)[C@@H](Cc2c[nH]c3ccccc23)NC(=O)[C@@H](Cc2c[nH]c3ccccc23)NC1=O. The summed E-state index contributed by atoms with van der Waals surface area (Å²) in [6.45, 7) is 1.10. The fraction of sp³-hybridized carbons (Fsp3) is 0.485. The van der Waals surface area contributed by atoms with Crippen molar-refractivity contribution in [2.45, 2.75) is 144 Å². The Bertz CT molecular complexity index is 3740. The largest absolute Gasteiger partial charge is 0.394 e. The number of urea groups is 1. The van der Waals surface area contributed by atoms with Gasteiger partial charge in [0.15, 0.2) is 0 Å². The Labute approximate surface area is 567 Å². The van der Waals surface area contributed by atoms with Crippen LogP contribution in [0.25, 0.3) is 21.8 Å². The number of aliphatic hydroxyl groups excluding tert-OH is 1. The first-order valence-corrected chi connectivity index (χ1v) is 33.9. The molecule has 0 spiro atoms. The summed E-state index contributed by atoms with van der Waals surface area (Å²) in [4.78, 5) is 144. The molecule has 9 rings (SSSR count). The molecule has 15 N–H and O–H groups in total. The molecule has 6 aromatic rings. The number of halogens is 1. The van der Waals surface area contributed by atoms with Gasteiger partial charge < -0.3 is 88.2 Å².